The van der Waals surface area contributed by atoms with E-state index in [0.717, 1.165) is 17.7 Å². The summed E-state index contributed by atoms with van der Waals surface area (Å²) in [6.45, 7) is 2.62. The second-order valence-electron chi connectivity index (χ2n) is 5.64. The number of fused-ring (bicyclic) bond motifs is 1. The normalized spacial score (nSPS) is 14.9. The Balaban J connectivity index is 1.64. The van der Waals surface area contributed by atoms with Crippen LogP contribution in [0.2, 0.25) is 0 Å². The van der Waals surface area contributed by atoms with Crippen LogP contribution in [-0.4, -0.2) is 11.7 Å². The standard InChI is InChI=1S/C18H21NO/c1-13-5-9-17(10-6-13)19-12-18(20)16-8-7-14-3-2-4-15(14)11-16/h5-11,18-20H,2-4,12H2,1H3. The van der Waals surface area contributed by atoms with Crippen molar-refractivity contribution in [2.45, 2.75) is 32.3 Å². The molecule has 2 aromatic rings. The smallest absolute Gasteiger partial charge is 0.0962 e. The lowest BCUT2D eigenvalue weighted by Gasteiger charge is -2.14. The van der Waals surface area contributed by atoms with Gasteiger partial charge in [-0.25, -0.2) is 0 Å². The number of anilines is 1. The zero-order valence-electron chi connectivity index (χ0n) is 11.9. The van der Waals surface area contributed by atoms with Crippen LogP contribution >= 0.6 is 0 Å². The average Bonchev–Trinajstić information content (AvgIpc) is 2.93. The van der Waals surface area contributed by atoms with Crippen molar-refractivity contribution in [3.8, 4) is 0 Å². The third-order valence-electron chi connectivity index (χ3n) is 4.06. The number of aliphatic hydroxyl groups excluding tert-OH is 1. The Labute approximate surface area is 120 Å². The molecule has 0 aromatic heterocycles. The topological polar surface area (TPSA) is 32.3 Å². The molecule has 20 heavy (non-hydrogen) atoms. The van der Waals surface area contributed by atoms with Crippen molar-refractivity contribution in [1.29, 1.82) is 0 Å². The molecule has 2 nitrogen and oxygen atoms in total. The van der Waals surface area contributed by atoms with E-state index in [1.165, 1.54) is 29.5 Å². The largest absolute Gasteiger partial charge is 0.387 e. The predicted molar refractivity (Wildman–Crippen MR) is 83.1 cm³/mol. The molecule has 2 heteroatoms. The molecule has 1 atom stereocenters. The van der Waals surface area contributed by atoms with Gasteiger partial charge in [0.1, 0.15) is 0 Å². The van der Waals surface area contributed by atoms with Crippen LogP contribution in [0.25, 0.3) is 0 Å². The SMILES string of the molecule is Cc1ccc(NCC(O)c2ccc3c(c2)CCC3)cc1. The number of hydrogen-bond donors (Lipinski definition) is 2. The minimum atomic E-state index is -0.456. The molecular formula is C18H21NO. The Hall–Kier alpha value is -1.80. The van der Waals surface area contributed by atoms with Gasteiger partial charge >= 0.3 is 0 Å². The summed E-state index contributed by atoms with van der Waals surface area (Å²) in [5.74, 6) is 0. The van der Waals surface area contributed by atoms with Gasteiger partial charge < -0.3 is 10.4 Å². The summed E-state index contributed by atoms with van der Waals surface area (Å²) >= 11 is 0. The highest BCUT2D eigenvalue weighted by atomic mass is 16.3. The van der Waals surface area contributed by atoms with Gasteiger partial charge in [0.25, 0.3) is 0 Å². The van der Waals surface area contributed by atoms with Crippen molar-refractivity contribution in [2.75, 3.05) is 11.9 Å². The highest BCUT2D eigenvalue weighted by Crippen LogP contribution is 2.25. The third-order valence-corrected chi connectivity index (χ3v) is 4.06. The number of rotatable bonds is 4. The molecule has 1 aliphatic carbocycles. The lowest BCUT2D eigenvalue weighted by Crippen LogP contribution is -2.12. The van der Waals surface area contributed by atoms with E-state index >= 15 is 0 Å². The molecule has 0 radical (unpaired) electrons. The molecule has 3 rings (SSSR count). The molecule has 2 aromatic carbocycles. The van der Waals surface area contributed by atoms with Crippen molar-refractivity contribution < 1.29 is 5.11 Å². The lowest BCUT2D eigenvalue weighted by molar-refractivity contribution is 0.191. The van der Waals surface area contributed by atoms with Gasteiger partial charge in [-0.3, -0.25) is 0 Å². The zero-order chi connectivity index (χ0) is 13.9. The van der Waals surface area contributed by atoms with Gasteiger partial charge in [0.05, 0.1) is 6.10 Å². The molecule has 1 aliphatic rings. The zero-order valence-corrected chi connectivity index (χ0v) is 11.9. The van der Waals surface area contributed by atoms with E-state index in [2.05, 4.69) is 42.6 Å². The van der Waals surface area contributed by atoms with Crippen LogP contribution in [0.3, 0.4) is 0 Å². The van der Waals surface area contributed by atoms with Gasteiger partial charge in [-0.2, -0.15) is 0 Å². The van der Waals surface area contributed by atoms with Crippen LogP contribution < -0.4 is 5.32 Å². The first-order valence-electron chi connectivity index (χ1n) is 7.33. The van der Waals surface area contributed by atoms with E-state index in [-0.39, 0.29) is 0 Å². The first-order valence-corrected chi connectivity index (χ1v) is 7.33. The fourth-order valence-corrected chi connectivity index (χ4v) is 2.80. The van der Waals surface area contributed by atoms with Crippen molar-refractivity contribution in [3.63, 3.8) is 0 Å². The van der Waals surface area contributed by atoms with Crippen LogP contribution in [0.4, 0.5) is 5.69 Å². The number of benzene rings is 2. The van der Waals surface area contributed by atoms with E-state index in [0.29, 0.717) is 6.54 Å². The van der Waals surface area contributed by atoms with Gasteiger partial charge in [0, 0.05) is 12.2 Å². The van der Waals surface area contributed by atoms with E-state index in [9.17, 15) is 5.11 Å². The minimum Gasteiger partial charge on any atom is -0.387 e. The molecule has 104 valence electrons. The number of nitrogens with one attached hydrogen (secondary N) is 1. The third kappa shape index (κ3) is 2.86. The first kappa shape index (κ1) is 13.2. The fraction of sp³-hybridized carbons (Fsp3) is 0.333. The Morgan fingerprint density at radius 3 is 2.60 bits per heavy atom. The van der Waals surface area contributed by atoms with Crippen LogP contribution in [0.1, 0.15) is 34.8 Å². The number of hydrogen-bond acceptors (Lipinski definition) is 2. The maximum Gasteiger partial charge on any atom is 0.0962 e. The summed E-state index contributed by atoms with van der Waals surface area (Å²) in [5, 5.41) is 13.6. The Morgan fingerprint density at radius 1 is 1.05 bits per heavy atom. The van der Waals surface area contributed by atoms with E-state index in [1.807, 2.05) is 12.1 Å². The predicted octanol–water partition coefficient (Wildman–Crippen LogP) is 3.63. The highest BCUT2D eigenvalue weighted by molar-refractivity contribution is 5.45. The van der Waals surface area contributed by atoms with Crippen LogP contribution in [0.15, 0.2) is 42.5 Å². The Morgan fingerprint density at radius 2 is 1.80 bits per heavy atom. The van der Waals surface area contributed by atoms with Crippen LogP contribution in [0, 0.1) is 6.92 Å². The fourth-order valence-electron chi connectivity index (χ4n) is 2.80. The summed E-state index contributed by atoms with van der Waals surface area (Å²) in [6.07, 6.45) is 3.13. The molecule has 0 aliphatic heterocycles. The lowest BCUT2D eigenvalue weighted by atomic mass is 10.0. The molecule has 0 fully saturated rings. The molecule has 0 amide bonds. The summed E-state index contributed by atoms with van der Waals surface area (Å²) in [7, 11) is 0. The first-order chi connectivity index (χ1) is 9.72. The maximum absolute atomic E-state index is 10.3. The van der Waals surface area contributed by atoms with Gasteiger partial charge in [-0.15, -0.1) is 0 Å². The van der Waals surface area contributed by atoms with Crippen molar-refractivity contribution in [2.24, 2.45) is 0 Å². The van der Waals surface area contributed by atoms with Crippen LogP contribution in [0.5, 0.6) is 0 Å². The molecule has 0 saturated carbocycles. The summed E-state index contributed by atoms with van der Waals surface area (Å²) in [4.78, 5) is 0. The summed E-state index contributed by atoms with van der Waals surface area (Å²) in [5.41, 5.74) is 6.18. The van der Waals surface area contributed by atoms with Gasteiger partial charge in [-0.1, -0.05) is 35.9 Å². The molecule has 0 saturated heterocycles. The Kier molecular flexibility index (Phi) is 3.75. The quantitative estimate of drug-likeness (QED) is 0.886. The molecule has 0 bridgehead atoms. The minimum absolute atomic E-state index is 0.456. The average molecular weight is 267 g/mol. The number of aryl methyl sites for hydroxylation is 3. The van der Waals surface area contributed by atoms with E-state index in [4.69, 9.17) is 0 Å². The molecular weight excluding hydrogens is 246 g/mol. The van der Waals surface area contributed by atoms with Crippen LogP contribution in [-0.2, 0) is 12.8 Å². The number of aliphatic hydroxyl groups is 1. The van der Waals surface area contributed by atoms with Gasteiger partial charge in [-0.05, 0) is 55.0 Å². The highest BCUT2D eigenvalue weighted by Gasteiger charge is 2.14. The van der Waals surface area contributed by atoms with Crippen molar-refractivity contribution in [1.82, 2.24) is 0 Å². The van der Waals surface area contributed by atoms with Crippen molar-refractivity contribution >= 4 is 5.69 Å². The van der Waals surface area contributed by atoms with Gasteiger partial charge in [0.2, 0.25) is 0 Å². The van der Waals surface area contributed by atoms with Crippen molar-refractivity contribution in [3.05, 3.63) is 64.7 Å². The summed E-state index contributed by atoms with van der Waals surface area (Å²) in [6, 6.07) is 14.6. The van der Waals surface area contributed by atoms with E-state index < -0.39 is 6.10 Å². The molecule has 0 spiro atoms. The van der Waals surface area contributed by atoms with Gasteiger partial charge in [0.15, 0.2) is 0 Å². The molecule has 1 unspecified atom stereocenters. The maximum atomic E-state index is 10.3. The molecule has 0 heterocycles. The molecule has 2 N–H and O–H groups in total. The Bertz CT molecular complexity index is 589. The monoisotopic (exact) mass is 267 g/mol. The second-order valence-corrected chi connectivity index (χ2v) is 5.64. The summed E-state index contributed by atoms with van der Waals surface area (Å²) < 4.78 is 0. The van der Waals surface area contributed by atoms with E-state index in [1.54, 1.807) is 0 Å². The second kappa shape index (κ2) is 5.68.